The van der Waals surface area contributed by atoms with E-state index in [1.807, 2.05) is 0 Å². The van der Waals surface area contributed by atoms with Crippen LogP contribution in [0, 0.1) is 16.7 Å². The molecule has 0 radical (unpaired) electrons. The Labute approximate surface area is 222 Å². The number of hydrogen-bond acceptors (Lipinski definition) is 3. The molecule has 36 heavy (non-hydrogen) atoms. The number of hydrogen-bond donors (Lipinski definition) is 1. The molecule has 202 valence electrons. The predicted molar refractivity (Wildman–Crippen MR) is 153 cm³/mol. The van der Waals surface area contributed by atoms with E-state index in [0.29, 0.717) is 24.5 Å². The average molecular weight is 513 g/mol. The number of aryl methyl sites for hydroxylation is 1. The molecular formula is C32H52O3Si. The van der Waals surface area contributed by atoms with E-state index in [4.69, 9.17) is 14.3 Å². The van der Waals surface area contributed by atoms with Gasteiger partial charge in [-0.25, -0.2) is 0 Å². The van der Waals surface area contributed by atoms with Crippen LogP contribution in [0.1, 0.15) is 103 Å². The van der Waals surface area contributed by atoms with Gasteiger partial charge in [-0.05, 0) is 122 Å². The van der Waals surface area contributed by atoms with E-state index in [0.717, 1.165) is 31.4 Å². The molecule has 1 aromatic rings. The molecule has 3 aliphatic rings. The van der Waals surface area contributed by atoms with Crippen LogP contribution in [0.4, 0.5) is 0 Å². The molecule has 0 amide bonds. The lowest BCUT2D eigenvalue weighted by molar-refractivity contribution is -0.0482. The molecular weight excluding hydrogens is 460 g/mol. The van der Waals surface area contributed by atoms with Gasteiger partial charge in [0.25, 0.3) is 0 Å². The number of allylic oxidation sites excluding steroid dienone is 2. The molecule has 1 N–H and O–H groups in total. The molecule has 4 rings (SSSR count). The predicted octanol–water partition coefficient (Wildman–Crippen LogP) is 8.42. The van der Waals surface area contributed by atoms with Crippen molar-refractivity contribution in [2.75, 3.05) is 13.7 Å². The number of unbranched alkanes of at least 4 members (excludes halogenated alkanes) is 3. The highest BCUT2D eigenvalue weighted by molar-refractivity contribution is 6.74. The SMILES string of the molecule is COc1ccc2c(c1)CCC1(C=CCCCCCO)[C@@H]2CC[C@]2(C)[C@@H](O[Si](C)(C)C(C)(C)C)CC[C@@H]12. The van der Waals surface area contributed by atoms with Crippen LogP contribution in [0.3, 0.4) is 0 Å². The minimum atomic E-state index is -1.83. The molecule has 0 saturated heterocycles. The number of rotatable bonds is 9. The smallest absolute Gasteiger partial charge is 0.192 e. The van der Waals surface area contributed by atoms with E-state index >= 15 is 0 Å². The highest BCUT2D eigenvalue weighted by Gasteiger charge is 2.62. The second kappa shape index (κ2) is 10.6. The first kappa shape index (κ1) is 27.9. The zero-order valence-corrected chi connectivity index (χ0v) is 25.2. The molecule has 0 heterocycles. The Morgan fingerprint density at radius 3 is 2.56 bits per heavy atom. The van der Waals surface area contributed by atoms with Crippen molar-refractivity contribution < 1.29 is 14.3 Å². The summed E-state index contributed by atoms with van der Waals surface area (Å²) in [4.78, 5) is 0. The van der Waals surface area contributed by atoms with Crippen molar-refractivity contribution in [1.82, 2.24) is 0 Å². The molecule has 0 aliphatic heterocycles. The summed E-state index contributed by atoms with van der Waals surface area (Å²) >= 11 is 0. The number of aliphatic hydroxyl groups is 1. The van der Waals surface area contributed by atoms with Crippen LogP contribution in [0.15, 0.2) is 30.4 Å². The summed E-state index contributed by atoms with van der Waals surface area (Å²) in [5.74, 6) is 2.25. The quantitative estimate of drug-likeness (QED) is 0.205. The second-order valence-corrected chi connectivity index (χ2v) is 18.5. The topological polar surface area (TPSA) is 38.7 Å². The molecule has 3 nitrogen and oxygen atoms in total. The van der Waals surface area contributed by atoms with Crippen molar-refractivity contribution in [2.45, 2.75) is 122 Å². The minimum absolute atomic E-state index is 0.219. The van der Waals surface area contributed by atoms with Gasteiger partial charge >= 0.3 is 0 Å². The van der Waals surface area contributed by atoms with Gasteiger partial charge in [-0.2, -0.15) is 0 Å². The summed E-state index contributed by atoms with van der Waals surface area (Å²) in [6.07, 6.45) is 17.3. The summed E-state index contributed by atoms with van der Waals surface area (Å²) in [6, 6.07) is 6.85. The first-order valence-electron chi connectivity index (χ1n) is 14.6. The molecule has 4 heteroatoms. The highest BCUT2D eigenvalue weighted by atomic mass is 28.4. The molecule has 0 aromatic heterocycles. The fraction of sp³-hybridized carbons (Fsp3) is 0.750. The van der Waals surface area contributed by atoms with Gasteiger partial charge in [-0.1, -0.05) is 52.3 Å². The van der Waals surface area contributed by atoms with E-state index in [-0.39, 0.29) is 15.9 Å². The van der Waals surface area contributed by atoms with Crippen LogP contribution in [-0.2, 0) is 10.8 Å². The molecule has 3 aliphatic carbocycles. The molecule has 2 fully saturated rings. The van der Waals surface area contributed by atoms with Crippen molar-refractivity contribution in [3.8, 4) is 5.75 Å². The van der Waals surface area contributed by atoms with Gasteiger partial charge in [0.2, 0.25) is 0 Å². The highest BCUT2D eigenvalue weighted by Crippen LogP contribution is 2.68. The average Bonchev–Trinajstić information content (AvgIpc) is 3.16. The fourth-order valence-corrected chi connectivity index (χ4v) is 9.14. The van der Waals surface area contributed by atoms with Crippen LogP contribution in [-0.4, -0.2) is 33.2 Å². The number of methoxy groups -OCH3 is 1. The Balaban J connectivity index is 1.66. The number of ether oxygens (including phenoxy) is 1. The summed E-state index contributed by atoms with van der Waals surface area (Å²) in [7, 11) is -0.0465. The van der Waals surface area contributed by atoms with Crippen LogP contribution in [0.5, 0.6) is 5.75 Å². The van der Waals surface area contributed by atoms with E-state index in [2.05, 4.69) is 71.1 Å². The van der Waals surface area contributed by atoms with E-state index in [9.17, 15) is 0 Å². The maximum atomic E-state index is 9.16. The Morgan fingerprint density at radius 1 is 1.08 bits per heavy atom. The lowest BCUT2D eigenvalue weighted by Gasteiger charge is -2.58. The van der Waals surface area contributed by atoms with Gasteiger partial charge in [-0.15, -0.1) is 0 Å². The van der Waals surface area contributed by atoms with Gasteiger partial charge in [0.1, 0.15) is 5.75 Å². The standard InChI is InChI=1S/C32H52O3Si/c1-30(2,3)36(6,7)35-29-16-15-28-31(29,4)20-18-27-26-14-13-25(34-5)23-24(26)17-21-32(27,28)19-11-9-8-10-12-22-33/h11,13-14,19,23,27-29,33H,8-10,12,15-18,20-22H2,1-7H3/t27-,28-,29+,31+,32?/m1/s1. The van der Waals surface area contributed by atoms with Gasteiger partial charge in [0, 0.05) is 6.61 Å². The largest absolute Gasteiger partial charge is 0.497 e. The lowest BCUT2D eigenvalue weighted by atomic mass is 9.47. The third-order valence-electron chi connectivity index (χ3n) is 10.8. The van der Waals surface area contributed by atoms with E-state index in [1.165, 1.54) is 44.1 Å². The maximum absolute atomic E-state index is 9.16. The summed E-state index contributed by atoms with van der Waals surface area (Å²) in [6.45, 7) is 14.9. The van der Waals surface area contributed by atoms with E-state index < -0.39 is 8.32 Å². The molecule has 0 spiro atoms. The molecule has 5 atom stereocenters. The van der Waals surface area contributed by atoms with Crippen molar-refractivity contribution >= 4 is 8.32 Å². The van der Waals surface area contributed by atoms with Crippen molar-refractivity contribution in [2.24, 2.45) is 16.7 Å². The summed E-state index contributed by atoms with van der Waals surface area (Å²) < 4.78 is 12.8. The second-order valence-electron chi connectivity index (χ2n) is 13.7. The zero-order valence-electron chi connectivity index (χ0n) is 24.2. The Hall–Kier alpha value is -1.10. The minimum Gasteiger partial charge on any atom is -0.497 e. The summed E-state index contributed by atoms with van der Waals surface area (Å²) in [5.41, 5.74) is 3.54. The normalized spacial score (nSPS) is 32.3. The number of benzene rings is 1. The van der Waals surface area contributed by atoms with Crippen LogP contribution < -0.4 is 4.74 Å². The molecule has 2 saturated carbocycles. The van der Waals surface area contributed by atoms with Gasteiger partial charge < -0.3 is 14.3 Å². The Bertz CT molecular complexity index is 932. The monoisotopic (exact) mass is 512 g/mol. The molecule has 1 aromatic carbocycles. The van der Waals surface area contributed by atoms with E-state index in [1.54, 1.807) is 12.7 Å². The third-order valence-corrected chi connectivity index (χ3v) is 15.3. The van der Waals surface area contributed by atoms with Gasteiger partial charge in [0.15, 0.2) is 8.32 Å². The Morgan fingerprint density at radius 2 is 1.86 bits per heavy atom. The first-order valence-corrected chi connectivity index (χ1v) is 17.5. The van der Waals surface area contributed by atoms with Crippen LogP contribution >= 0.6 is 0 Å². The van der Waals surface area contributed by atoms with Gasteiger partial charge in [0.05, 0.1) is 13.2 Å². The Kier molecular flexibility index (Phi) is 8.20. The lowest BCUT2D eigenvalue weighted by Crippen LogP contribution is -2.53. The first-order chi connectivity index (χ1) is 17.0. The molecule has 1 unspecified atom stereocenters. The zero-order chi connectivity index (χ0) is 26.2. The fourth-order valence-electron chi connectivity index (χ4n) is 7.69. The van der Waals surface area contributed by atoms with Crippen molar-refractivity contribution in [1.29, 1.82) is 0 Å². The summed E-state index contributed by atoms with van der Waals surface area (Å²) in [5, 5.41) is 9.40. The number of aliphatic hydroxyl groups excluding tert-OH is 1. The van der Waals surface area contributed by atoms with Crippen LogP contribution in [0.25, 0.3) is 0 Å². The number of fused-ring (bicyclic) bond motifs is 5. The maximum Gasteiger partial charge on any atom is 0.192 e. The molecule has 0 bridgehead atoms. The van der Waals surface area contributed by atoms with Crippen molar-refractivity contribution in [3.05, 3.63) is 41.5 Å². The third kappa shape index (κ3) is 4.99. The van der Waals surface area contributed by atoms with Gasteiger partial charge in [-0.3, -0.25) is 0 Å². The van der Waals surface area contributed by atoms with Crippen molar-refractivity contribution in [3.63, 3.8) is 0 Å². The van der Waals surface area contributed by atoms with Crippen LogP contribution in [0.2, 0.25) is 18.1 Å².